The lowest BCUT2D eigenvalue weighted by molar-refractivity contribution is 0.601. The molecule has 2 atom stereocenters. The van der Waals surface area contributed by atoms with Gasteiger partial charge < -0.3 is 11.5 Å². The predicted molar refractivity (Wildman–Crippen MR) is 87.5 cm³/mol. The lowest BCUT2D eigenvalue weighted by atomic mass is 9.95. The van der Waals surface area contributed by atoms with Gasteiger partial charge >= 0.3 is 0 Å². The third-order valence-corrected chi connectivity index (χ3v) is 5.27. The molecule has 6 N–H and O–H groups in total. The zero-order valence-electron chi connectivity index (χ0n) is 11.6. The molecule has 0 saturated carbocycles. The number of sulfone groups is 1. The van der Waals surface area contributed by atoms with Crippen LogP contribution < -0.4 is 17.2 Å². The first kappa shape index (κ1) is 15.2. The van der Waals surface area contributed by atoms with E-state index >= 15 is 0 Å². The molecule has 3 rings (SSSR count). The Bertz CT molecular complexity index is 828. The Kier molecular flexibility index (Phi) is 3.36. The molecular weight excluding hydrogens is 324 g/mol. The summed E-state index contributed by atoms with van der Waals surface area (Å²) < 4.78 is 23.1. The van der Waals surface area contributed by atoms with Gasteiger partial charge in [-0.1, -0.05) is 23.9 Å². The highest BCUT2D eigenvalue weighted by Gasteiger charge is 2.43. The molecule has 0 aromatic heterocycles. The SMILES string of the molecule is CS(=O)(=O)c1ccc(C2(N)N=C(N)N=C3SC(N)N=C32)cc1. The van der Waals surface area contributed by atoms with E-state index in [4.69, 9.17) is 17.2 Å². The smallest absolute Gasteiger partial charge is 0.219 e. The molecule has 1 aromatic carbocycles. The van der Waals surface area contributed by atoms with Gasteiger partial charge in [-0.05, 0) is 12.1 Å². The summed E-state index contributed by atoms with van der Waals surface area (Å²) in [5.41, 5.74) is 17.1. The van der Waals surface area contributed by atoms with E-state index in [0.29, 0.717) is 16.3 Å². The number of nitrogens with two attached hydrogens (primary N) is 3. The Labute approximate surface area is 131 Å². The van der Waals surface area contributed by atoms with Gasteiger partial charge in [0.25, 0.3) is 0 Å². The Hall–Kier alpha value is -1.75. The maximum absolute atomic E-state index is 11.5. The number of benzene rings is 1. The van der Waals surface area contributed by atoms with Gasteiger partial charge in [-0.2, -0.15) is 0 Å². The van der Waals surface area contributed by atoms with Crippen molar-refractivity contribution in [2.24, 2.45) is 32.2 Å². The molecule has 1 aromatic rings. The molecule has 0 spiro atoms. The molecule has 10 heteroatoms. The lowest BCUT2D eigenvalue weighted by Crippen LogP contribution is -2.49. The summed E-state index contributed by atoms with van der Waals surface area (Å²) in [7, 11) is -3.29. The van der Waals surface area contributed by atoms with Crippen LogP contribution in [0, 0.1) is 0 Å². The minimum atomic E-state index is -3.29. The highest BCUT2D eigenvalue weighted by Crippen LogP contribution is 2.34. The first-order valence-corrected chi connectivity index (χ1v) is 9.01. The fraction of sp³-hybridized carbons (Fsp3) is 0.250. The van der Waals surface area contributed by atoms with Crippen molar-refractivity contribution in [1.29, 1.82) is 0 Å². The molecule has 0 amide bonds. The first-order chi connectivity index (χ1) is 10.2. The topological polar surface area (TPSA) is 149 Å². The van der Waals surface area contributed by atoms with E-state index in [1.807, 2.05) is 0 Å². The van der Waals surface area contributed by atoms with E-state index < -0.39 is 21.0 Å². The van der Waals surface area contributed by atoms with Gasteiger partial charge in [-0.15, -0.1) is 0 Å². The Morgan fingerprint density at radius 1 is 1.27 bits per heavy atom. The highest BCUT2D eigenvalue weighted by molar-refractivity contribution is 8.16. The standard InChI is InChI=1S/C12H14N6O2S2/c1-22(19,20)7-4-2-6(3-5-7)12(15)8-9(17-10(13)18-12)21-11(14)16-8/h2-5,11H,14-15H2,1H3,(H2,13,18). The van der Waals surface area contributed by atoms with Crippen LogP contribution in [0.3, 0.4) is 0 Å². The molecule has 2 aliphatic heterocycles. The third kappa shape index (κ3) is 2.43. The molecule has 0 saturated heterocycles. The second-order valence-corrected chi connectivity index (χ2v) is 8.06. The van der Waals surface area contributed by atoms with Crippen molar-refractivity contribution in [3.05, 3.63) is 29.8 Å². The van der Waals surface area contributed by atoms with Gasteiger partial charge in [0.2, 0.25) is 5.96 Å². The summed E-state index contributed by atoms with van der Waals surface area (Å²) in [5.74, 6) is 0.0326. The van der Waals surface area contributed by atoms with Crippen LogP contribution in [0.2, 0.25) is 0 Å². The summed E-state index contributed by atoms with van der Waals surface area (Å²) in [5, 5.41) is 0.537. The average Bonchev–Trinajstić information content (AvgIpc) is 2.79. The van der Waals surface area contributed by atoms with E-state index in [1.165, 1.54) is 23.9 Å². The van der Waals surface area contributed by atoms with Crippen molar-refractivity contribution in [2.45, 2.75) is 16.1 Å². The quantitative estimate of drug-likeness (QED) is 0.653. The van der Waals surface area contributed by atoms with Gasteiger partial charge in [0, 0.05) is 11.8 Å². The summed E-state index contributed by atoms with van der Waals surface area (Å²) in [4.78, 5) is 12.7. The van der Waals surface area contributed by atoms with E-state index in [0.717, 1.165) is 6.26 Å². The zero-order chi connectivity index (χ0) is 16.1. The van der Waals surface area contributed by atoms with Gasteiger partial charge in [-0.3, -0.25) is 10.7 Å². The molecule has 2 aliphatic rings. The largest absolute Gasteiger partial charge is 0.368 e. The molecular formula is C12H14N6O2S2. The molecule has 0 bridgehead atoms. The lowest BCUT2D eigenvalue weighted by Gasteiger charge is -2.28. The van der Waals surface area contributed by atoms with Crippen LogP contribution in [0.1, 0.15) is 5.56 Å². The number of fused-ring (bicyclic) bond motifs is 1. The Morgan fingerprint density at radius 2 is 1.91 bits per heavy atom. The summed E-state index contributed by atoms with van der Waals surface area (Å²) in [6, 6.07) is 6.12. The van der Waals surface area contributed by atoms with Gasteiger partial charge in [-0.25, -0.2) is 18.4 Å². The molecule has 2 heterocycles. The fourth-order valence-corrected chi connectivity index (χ4v) is 3.72. The normalized spacial score (nSPS) is 27.8. The number of aliphatic imine (C=N–C) groups is 3. The third-order valence-electron chi connectivity index (χ3n) is 3.28. The predicted octanol–water partition coefficient (Wildman–Crippen LogP) is -0.641. The van der Waals surface area contributed by atoms with Crippen LogP contribution in [0.5, 0.6) is 0 Å². The van der Waals surface area contributed by atoms with Crippen LogP contribution >= 0.6 is 11.8 Å². The van der Waals surface area contributed by atoms with E-state index in [1.54, 1.807) is 12.1 Å². The van der Waals surface area contributed by atoms with Crippen LogP contribution in [0.15, 0.2) is 44.1 Å². The van der Waals surface area contributed by atoms with Crippen LogP contribution in [-0.2, 0) is 15.5 Å². The molecule has 116 valence electrons. The number of nitrogens with zero attached hydrogens (tertiary/aromatic N) is 3. The van der Waals surface area contributed by atoms with Crippen molar-refractivity contribution in [3.63, 3.8) is 0 Å². The van der Waals surface area contributed by atoms with Crippen LogP contribution in [-0.4, -0.2) is 36.9 Å². The number of rotatable bonds is 2. The molecule has 2 unspecified atom stereocenters. The average molecular weight is 338 g/mol. The summed E-state index contributed by atoms with van der Waals surface area (Å²) in [6.45, 7) is 0. The fourth-order valence-electron chi connectivity index (χ4n) is 2.24. The monoisotopic (exact) mass is 338 g/mol. The number of hydrogen-bond donors (Lipinski definition) is 3. The van der Waals surface area contributed by atoms with Gasteiger partial charge in [0.15, 0.2) is 21.0 Å². The maximum Gasteiger partial charge on any atom is 0.219 e. The van der Waals surface area contributed by atoms with Gasteiger partial charge in [0.1, 0.15) is 10.8 Å². The minimum Gasteiger partial charge on any atom is -0.368 e. The second-order valence-electron chi connectivity index (χ2n) is 4.94. The molecule has 0 fully saturated rings. The van der Waals surface area contributed by atoms with E-state index in [9.17, 15) is 8.42 Å². The maximum atomic E-state index is 11.5. The molecule has 22 heavy (non-hydrogen) atoms. The van der Waals surface area contributed by atoms with Crippen molar-refractivity contribution in [1.82, 2.24) is 0 Å². The van der Waals surface area contributed by atoms with Crippen molar-refractivity contribution in [2.75, 3.05) is 6.26 Å². The summed E-state index contributed by atoms with van der Waals surface area (Å²) >= 11 is 1.24. The molecule has 8 nitrogen and oxygen atoms in total. The molecule has 0 aliphatic carbocycles. The highest BCUT2D eigenvalue weighted by atomic mass is 32.2. The first-order valence-electron chi connectivity index (χ1n) is 6.24. The Balaban J connectivity index is 2.10. The Morgan fingerprint density at radius 3 is 2.50 bits per heavy atom. The number of thioether (sulfide) groups is 1. The molecule has 0 radical (unpaired) electrons. The van der Waals surface area contributed by atoms with Crippen molar-refractivity contribution < 1.29 is 8.42 Å². The minimum absolute atomic E-state index is 0.0326. The van der Waals surface area contributed by atoms with E-state index in [2.05, 4.69) is 15.0 Å². The van der Waals surface area contributed by atoms with Crippen LogP contribution in [0.4, 0.5) is 0 Å². The number of hydrogen-bond acceptors (Lipinski definition) is 9. The second kappa shape index (κ2) is 4.88. The van der Waals surface area contributed by atoms with Crippen molar-refractivity contribution >= 4 is 38.3 Å². The zero-order valence-corrected chi connectivity index (χ0v) is 13.2. The van der Waals surface area contributed by atoms with Crippen LogP contribution in [0.25, 0.3) is 0 Å². The van der Waals surface area contributed by atoms with Crippen molar-refractivity contribution in [3.8, 4) is 0 Å². The number of guanidine groups is 1. The van der Waals surface area contributed by atoms with E-state index in [-0.39, 0.29) is 10.9 Å². The van der Waals surface area contributed by atoms with Gasteiger partial charge in [0.05, 0.1) is 4.90 Å². The summed E-state index contributed by atoms with van der Waals surface area (Å²) in [6.07, 6.45) is 1.14.